The molecule has 162 valence electrons. The number of benzene rings is 1. The summed E-state index contributed by atoms with van der Waals surface area (Å²) in [6.45, 7) is 1.16. The molecule has 0 saturated heterocycles. The van der Waals surface area contributed by atoms with Crippen LogP contribution >= 0.6 is 0 Å². The summed E-state index contributed by atoms with van der Waals surface area (Å²) >= 11 is 0. The van der Waals surface area contributed by atoms with Crippen LogP contribution in [0.25, 0.3) is 0 Å². The molecule has 1 aliphatic rings. The number of halogens is 1. The first-order valence-corrected chi connectivity index (χ1v) is 10.6. The Kier molecular flexibility index (Phi) is 8.02. The van der Waals surface area contributed by atoms with Gasteiger partial charge in [-0.25, -0.2) is 9.18 Å². The van der Waals surface area contributed by atoms with Crippen molar-refractivity contribution in [2.75, 3.05) is 37.5 Å². The number of pyridine rings is 1. The molecule has 1 heterocycles. The molecule has 1 saturated carbocycles. The second kappa shape index (κ2) is 10.9. The molecule has 0 aliphatic heterocycles. The van der Waals surface area contributed by atoms with Gasteiger partial charge in [-0.1, -0.05) is 25.3 Å². The summed E-state index contributed by atoms with van der Waals surface area (Å²) in [7, 11) is 3.54. The third-order valence-corrected chi connectivity index (χ3v) is 5.63. The summed E-state index contributed by atoms with van der Waals surface area (Å²) in [5.41, 5.74) is 1.78. The highest BCUT2D eigenvalue weighted by Crippen LogP contribution is 2.29. The minimum absolute atomic E-state index is 0.314. The lowest BCUT2D eigenvalue weighted by atomic mass is 9.94. The van der Waals surface area contributed by atoms with Gasteiger partial charge in [-0.15, -0.1) is 0 Å². The molecule has 0 bridgehead atoms. The van der Waals surface area contributed by atoms with Crippen molar-refractivity contribution in [3.63, 3.8) is 0 Å². The molecule has 1 aromatic heterocycles. The van der Waals surface area contributed by atoms with Crippen LogP contribution in [0.5, 0.6) is 0 Å². The van der Waals surface area contributed by atoms with Gasteiger partial charge in [0, 0.05) is 38.6 Å². The van der Waals surface area contributed by atoms with Crippen molar-refractivity contribution in [2.24, 2.45) is 0 Å². The Morgan fingerprint density at radius 2 is 2.03 bits per heavy atom. The highest BCUT2D eigenvalue weighted by molar-refractivity contribution is 5.89. The number of nitrogens with zero attached hydrogens (tertiary/aromatic N) is 3. The van der Waals surface area contributed by atoms with E-state index >= 15 is 0 Å². The van der Waals surface area contributed by atoms with E-state index in [4.69, 9.17) is 4.74 Å². The normalized spacial score (nSPS) is 14.4. The van der Waals surface area contributed by atoms with Crippen molar-refractivity contribution in [2.45, 2.75) is 44.7 Å². The summed E-state index contributed by atoms with van der Waals surface area (Å²) in [5, 5.41) is 2.80. The van der Waals surface area contributed by atoms with Crippen LogP contribution in [-0.4, -0.2) is 49.3 Å². The number of nitrogens with one attached hydrogen (secondary N) is 1. The van der Waals surface area contributed by atoms with Crippen molar-refractivity contribution < 1.29 is 13.9 Å². The SMILES string of the molecule is COCCN(Cc1ccccn1)C(=O)Nc1ccc(N(C)C2CCCCC2)c(F)c1. The Labute approximate surface area is 178 Å². The van der Waals surface area contributed by atoms with Crippen molar-refractivity contribution in [3.8, 4) is 0 Å². The van der Waals surface area contributed by atoms with Crippen LogP contribution in [0, 0.1) is 5.82 Å². The summed E-state index contributed by atoms with van der Waals surface area (Å²) in [6.07, 6.45) is 7.53. The number of urea groups is 1. The topological polar surface area (TPSA) is 57.7 Å². The lowest BCUT2D eigenvalue weighted by Crippen LogP contribution is -2.37. The molecule has 6 nitrogen and oxygen atoms in total. The molecule has 2 amide bonds. The van der Waals surface area contributed by atoms with Crippen LogP contribution in [0.1, 0.15) is 37.8 Å². The van der Waals surface area contributed by atoms with Crippen molar-refractivity contribution in [1.29, 1.82) is 0 Å². The molecule has 1 N–H and O–H groups in total. The van der Waals surface area contributed by atoms with E-state index in [-0.39, 0.29) is 11.8 Å². The van der Waals surface area contributed by atoms with Gasteiger partial charge in [0.15, 0.2) is 0 Å². The lowest BCUT2D eigenvalue weighted by molar-refractivity contribution is 0.152. The van der Waals surface area contributed by atoms with Gasteiger partial charge in [-0.05, 0) is 43.2 Å². The van der Waals surface area contributed by atoms with Gasteiger partial charge in [0.25, 0.3) is 0 Å². The number of hydrogen-bond acceptors (Lipinski definition) is 4. The quantitative estimate of drug-likeness (QED) is 0.682. The maximum Gasteiger partial charge on any atom is 0.322 e. The molecule has 3 rings (SSSR count). The smallest absolute Gasteiger partial charge is 0.322 e. The monoisotopic (exact) mass is 414 g/mol. The average Bonchev–Trinajstić information content (AvgIpc) is 2.77. The lowest BCUT2D eigenvalue weighted by Gasteiger charge is -2.33. The zero-order valence-corrected chi connectivity index (χ0v) is 17.8. The zero-order valence-electron chi connectivity index (χ0n) is 17.8. The predicted molar refractivity (Wildman–Crippen MR) is 117 cm³/mol. The van der Waals surface area contributed by atoms with Crippen LogP contribution in [0.4, 0.5) is 20.6 Å². The second-order valence-corrected chi connectivity index (χ2v) is 7.73. The molecule has 0 radical (unpaired) electrons. The molecule has 0 unspecified atom stereocenters. The number of amides is 2. The second-order valence-electron chi connectivity index (χ2n) is 7.73. The first-order valence-electron chi connectivity index (χ1n) is 10.6. The van der Waals surface area contributed by atoms with Gasteiger partial charge in [0.05, 0.1) is 24.5 Å². The standard InChI is InChI=1S/C23H31FN4O2/c1-27(20-9-4-3-5-10-20)22-12-11-18(16-21(22)24)26-23(29)28(14-15-30-2)17-19-8-6-7-13-25-19/h6-8,11-13,16,20H,3-5,9-10,14-15,17H2,1-2H3,(H,26,29). The van der Waals surface area contributed by atoms with Crippen molar-refractivity contribution >= 4 is 17.4 Å². The Morgan fingerprint density at radius 1 is 1.23 bits per heavy atom. The first-order chi connectivity index (χ1) is 14.6. The van der Waals surface area contributed by atoms with E-state index in [0.717, 1.165) is 18.5 Å². The largest absolute Gasteiger partial charge is 0.383 e. The molecule has 7 heteroatoms. The summed E-state index contributed by atoms with van der Waals surface area (Å²) in [4.78, 5) is 20.7. The molecule has 30 heavy (non-hydrogen) atoms. The molecule has 0 atom stereocenters. The number of hydrogen-bond donors (Lipinski definition) is 1. The maximum absolute atomic E-state index is 14.8. The molecular weight excluding hydrogens is 383 g/mol. The van der Waals surface area contributed by atoms with E-state index < -0.39 is 0 Å². The highest BCUT2D eigenvalue weighted by atomic mass is 19.1. The van der Waals surface area contributed by atoms with Gasteiger partial charge in [-0.3, -0.25) is 4.98 Å². The van der Waals surface area contributed by atoms with Crippen LogP contribution in [0.2, 0.25) is 0 Å². The van der Waals surface area contributed by atoms with Gasteiger partial charge in [0.2, 0.25) is 0 Å². The number of ether oxygens (including phenoxy) is 1. The van der Waals surface area contributed by atoms with E-state index in [9.17, 15) is 9.18 Å². The Balaban J connectivity index is 1.67. The Hall–Kier alpha value is -2.67. The van der Waals surface area contributed by atoms with Crippen molar-refractivity contribution in [1.82, 2.24) is 9.88 Å². The molecular formula is C23H31FN4O2. The van der Waals surface area contributed by atoms with Gasteiger partial charge in [-0.2, -0.15) is 0 Å². The van der Waals surface area contributed by atoms with Gasteiger partial charge < -0.3 is 19.9 Å². The van der Waals surface area contributed by atoms with E-state index in [1.54, 1.807) is 30.3 Å². The van der Waals surface area contributed by atoms with Gasteiger partial charge >= 0.3 is 6.03 Å². The van der Waals surface area contributed by atoms with E-state index in [0.29, 0.717) is 37.1 Å². The highest BCUT2D eigenvalue weighted by Gasteiger charge is 2.21. The van der Waals surface area contributed by atoms with Crippen LogP contribution in [-0.2, 0) is 11.3 Å². The predicted octanol–water partition coefficient (Wildman–Crippen LogP) is 4.67. The van der Waals surface area contributed by atoms with E-state index in [2.05, 4.69) is 10.3 Å². The molecule has 1 aliphatic carbocycles. The number of carbonyl (C=O) groups is 1. The van der Waals surface area contributed by atoms with E-state index in [1.165, 1.54) is 25.3 Å². The Bertz CT molecular complexity index is 812. The maximum atomic E-state index is 14.8. The number of anilines is 2. The fourth-order valence-electron chi connectivity index (χ4n) is 3.88. The minimum atomic E-state index is -0.325. The van der Waals surface area contributed by atoms with Crippen LogP contribution in [0.3, 0.4) is 0 Å². The summed E-state index contributed by atoms with van der Waals surface area (Å²) in [5.74, 6) is -0.325. The molecule has 0 spiro atoms. The van der Waals surface area contributed by atoms with Crippen LogP contribution in [0.15, 0.2) is 42.6 Å². The number of methoxy groups -OCH3 is 1. The third-order valence-electron chi connectivity index (χ3n) is 5.63. The fourth-order valence-corrected chi connectivity index (χ4v) is 3.88. The minimum Gasteiger partial charge on any atom is -0.383 e. The fraction of sp³-hybridized carbons (Fsp3) is 0.478. The molecule has 1 aromatic carbocycles. The van der Waals surface area contributed by atoms with Crippen LogP contribution < -0.4 is 10.2 Å². The average molecular weight is 415 g/mol. The summed E-state index contributed by atoms with van der Waals surface area (Å²) in [6, 6.07) is 10.5. The van der Waals surface area contributed by atoms with Crippen molar-refractivity contribution in [3.05, 3.63) is 54.1 Å². The van der Waals surface area contributed by atoms with E-state index in [1.807, 2.05) is 30.1 Å². The Morgan fingerprint density at radius 3 is 2.70 bits per heavy atom. The first kappa shape index (κ1) is 22.0. The third kappa shape index (κ3) is 5.92. The number of aromatic nitrogens is 1. The van der Waals surface area contributed by atoms with Gasteiger partial charge in [0.1, 0.15) is 5.82 Å². The molecule has 1 fully saturated rings. The number of carbonyl (C=O) groups excluding carboxylic acids is 1. The number of rotatable bonds is 8. The zero-order chi connectivity index (χ0) is 21.3. The summed E-state index contributed by atoms with van der Waals surface area (Å²) < 4.78 is 19.9. The molecule has 2 aromatic rings.